The van der Waals surface area contributed by atoms with Crippen LogP contribution >= 0.6 is 0 Å². The summed E-state index contributed by atoms with van der Waals surface area (Å²) < 4.78 is 1.73. The lowest BCUT2D eigenvalue weighted by atomic mass is 9.92. The molecule has 0 radical (unpaired) electrons. The summed E-state index contributed by atoms with van der Waals surface area (Å²) in [6.07, 6.45) is 1.52. The summed E-state index contributed by atoms with van der Waals surface area (Å²) >= 11 is 0. The van der Waals surface area contributed by atoms with E-state index in [0.717, 1.165) is 17.0 Å². The summed E-state index contributed by atoms with van der Waals surface area (Å²) in [5.74, 6) is 0.840. The molecule has 2 aromatic heterocycles. The zero-order chi connectivity index (χ0) is 14.0. The third-order valence-corrected chi connectivity index (χ3v) is 3.08. The number of hydrogen-bond acceptors (Lipinski definition) is 4. The maximum absolute atomic E-state index is 11.7. The number of aromatic nitrogens is 3. The van der Waals surface area contributed by atoms with E-state index < -0.39 is 5.41 Å². The van der Waals surface area contributed by atoms with E-state index in [1.165, 1.54) is 6.33 Å². The second-order valence-corrected chi connectivity index (χ2v) is 5.26. The number of nitrogens with zero attached hydrogens (tertiary/aromatic N) is 3. The van der Waals surface area contributed by atoms with Crippen molar-refractivity contribution in [2.75, 3.05) is 18.9 Å². The number of carbonyl (C=O) groups is 1. The number of aryl methyl sites for hydroxylation is 1. The first-order chi connectivity index (χ1) is 8.94. The van der Waals surface area contributed by atoms with Crippen LogP contribution in [-0.4, -0.2) is 34.1 Å². The van der Waals surface area contributed by atoms with Gasteiger partial charge in [-0.05, 0) is 38.5 Å². The third kappa shape index (κ3) is 2.67. The van der Waals surface area contributed by atoms with Crippen molar-refractivity contribution in [2.24, 2.45) is 5.41 Å². The average molecular weight is 261 g/mol. The molecule has 6 heteroatoms. The Bertz CT molecular complexity index is 602. The van der Waals surface area contributed by atoms with Crippen molar-refractivity contribution in [3.63, 3.8) is 0 Å². The van der Waals surface area contributed by atoms with Gasteiger partial charge in [-0.2, -0.15) is 9.61 Å². The molecule has 19 heavy (non-hydrogen) atoms. The lowest BCUT2D eigenvalue weighted by Gasteiger charge is -2.23. The molecule has 2 heterocycles. The van der Waals surface area contributed by atoms with Gasteiger partial charge in [0.1, 0.15) is 12.1 Å². The molecule has 0 spiro atoms. The van der Waals surface area contributed by atoms with Gasteiger partial charge in [-0.15, -0.1) is 0 Å². The van der Waals surface area contributed by atoms with Gasteiger partial charge >= 0.3 is 0 Å². The van der Waals surface area contributed by atoms with Crippen molar-refractivity contribution < 1.29 is 4.79 Å². The van der Waals surface area contributed by atoms with E-state index in [2.05, 4.69) is 20.7 Å². The molecule has 0 fully saturated rings. The summed E-state index contributed by atoms with van der Waals surface area (Å²) in [5, 5.41) is 10.1. The fraction of sp³-hybridized carbons (Fsp3) is 0.462. The van der Waals surface area contributed by atoms with Gasteiger partial charge in [0, 0.05) is 13.6 Å². The Labute approximate surface area is 112 Å². The van der Waals surface area contributed by atoms with Crippen molar-refractivity contribution in [1.29, 1.82) is 0 Å². The molecule has 0 aliphatic carbocycles. The minimum absolute atomic E-state index is 0.00230. The summed E-state index contributed by atoms with van der Waals surface area (Å²) in [6, 6.07) is 3.95. The first kappa shape index (κ1) is 13.3. The molecular weight excluding hydrogens is 242 g/mol. The molecule has 0 unspecified atom stereocenters. The highest BCUT2D eigenvalue weighted by Gasteiger charge is 2.26. The van der Waals surface area contributed by atoms with Crippen LogP contribution in [-0.2, 0) is 4.79 Å². The highest BCUT2D eigenvalue weighted by atomic mass is 16.2. The number of fused-ring (bicyclic) bond motifs is 1. The first-order valence-corrected chi connectivity index (χ1v) is 6.20. The van der Waals surface area contributed by atoms with Gasteiger partial charge in [-0.25, -0.2) is 4.98 Å². The van der Waals surface area contributed by atoms with E-state index in [4.69, 9.17) is 0 Å². The van der Waals surface area contributed by atoms with Gasteiger partial charge in [0.15, 0.2) is 5.65 Å². The second kappa shape index (κ2) is 4.87. The van der Waals surface area contributed by atoms with Gasteiger partial charge in [0.25, 0.3) is 0 Å². The van der Waals surface area contributed by atoms with Gasteiger partial charge in [0.05, 0.1) is 5.41 Å². The Morgan fingerprint density at radius 1 is 1.42 bits per heavy atom. The maximum atomic E-state index is 11.7. The van der Waals surface area contributed by atoms with Crippen LogP contribution < -0.4 is 10.6 Å². The molecule has 2 N–H and O–H groups in total. The molecular formula is C13H19N5O. The molecule has 0 aromatic carbocycles. The Balaban J connectivity index is 2.22. The molecule has 2 rings (SSSR count). The van der Waals surface area contributed by atoms with Crippen LogP contribution in [0, 0.1) is 12.3 Å². The van der Waals surface area contributed by atoms with Crippen molar-refractivity contribution >= 4 is 17.4 Å². The van der Waals surface area contributed by atoms with Gasteiger partial charge in [-0.3, -0.25) is 4.79 Å². The molecule has 0 saturated carbocycles. The van der Waals surface area contributed by atoms with Crippen molar-refractivity contribution in [3.8, 4) is 0 Å². The lowest BCUT2D eigenvalue weighted by Crippen LogP contribution is -2.39. The molecule has 0 bridgehead atoms. The fourth-order valence-corrected chi connectivity index (χ4v) is 1.91. The van der Waals surface area contributed by atoms with Crippen molar-refractivity contribution in [1.82, 2.24) is 19.9 Å². The Morgan fingerprint density at radius 3 is 2.84 bits per heavy atom. The van der Waals surface area contributed by atoms with E-state index in [9.17, 15) is 4.79 Å². The van der Waals surface area contributed by atoms with Crippen LogP contribution in [0.5, 0.6) is 0 Å². The van der Waals surface area contributed by atoms with Crippen LogP contribution in [0.25, 0.3) is 5.65 Å². The number of pyridine rings is 1. The predicted molar refractivity (Wildman–Crippen MR) is 74.1 cm³/mol. The van der Waals surface area contributed by atoms with E-state index in [1.807, 2.05) is 32.9 Å². The molecule has 0 aliphatic heterocycles. The number of amides is 1. The molecule has 0 atom stereocenters. The number of nitrogens with one attached hydrogen (secondary N) is 2. The maximum Gasteiger partial charge on any atom is 0.227 e. The molecule has 6 nitrogen and oxygen atoms in total. The smallest absolute Gasteiger partial charge is 0.227 e. The summed E-state index contributed by atoms with van der Waals surface area (Å²) in [6.45, 7) is 6.31. The predicted octanol–water partition coefficient (Wildman–Crippen LogP) is 1.22. The number of rotatable bonds is 4. The standard InChI is InChI=1S/C13H19N5O/c1-9-5-10(18-11(6-9)16-8-17-18)15-7-13(2,3)12(19)14-4/h5-6,8,15H,7H2,1-4H3,(H,14,19). The topological polar surface area (TPSA) is 71.3 Å². The lowest BCUT2D eigenvalue weighted by molar-refractivity contribution is -0.128. The second-order valence-electron chi connectivity index (χ2n) is 5.26. The van der Waals surface area contributed by atoms with Crippen LogP contribution in [0.15, 0.2) is 18.5 Å². The minimum atomic E-state index is -0.495. The normalized spacial score (nSPS) is 11.6. The highest BCUT2D eigenvalue weighted by Crippen LogP contribution is 2.18. The van der Waals surface area contributed by atoms with Crippen molar-refractivity contribution in [2.45, 2.75) is 20.8 Å². The van der Waals surface area contributed by atoms with Crippen LogP contribution in [0.3, 0.4) is 0 Å². The van der Waals surface area contributed by atoms with E-state index in [0.29, 0.717) is 6.54 Å². The largest absolute Gasteiger partial charge is 0.369 e. The van der Waals surface area contributed by atoms with Crippen molar-refractivity contribution in [3.05, 3.63) is 24.0 Å². The van der Waals surface area contributed by atoms with Gasteiger partial charge in [0.2, 0.25) is 5.91 Å². The fourth-order valence-electron chi connectivity index (χ4n) is 1.91. The average Bonchev–Trinajstić information content (AvgIpc) is 2.82. The zero-order valence-corrected chi connectivity index (χ0v) is 11.7. The molecule has 102 valence electrons. The monoisotopic (exact) mass is 261 g/mol. The van der Waals surface area contributed by atoms with Gasteiger partial charge in [-0.1, -0.05) is 0 Å². The third-order valence-electron chi connectivity index (χ3n) is 3.08. The SMILES string of the molecule is CNC(=O)C(C)(C)CNc1cc(C)cc2ncnn12. The Hall–Kier alpha value is -2.11. The first-order valence-electron chi connectivity index (χ1n) is 6.20. The minimum Gasteiger partial charge on any atom is -0.369 e. The van der Waals surface area contributed by atoms with Gasteiger partial charge < -0.3 is 10.6 Å². The van der Waals surface area contributed by atoms with Crippen LogP contribution in [0.4, 0.5) is 5.82 Å². The molecule has 1 amide bonds. The summed E-state index contributed by atoms with van der Waals surface area (Å²) in [7, 11) is 1.65. The Morgan fingerprint density at radius 2 is 2.16 bits per heavy atom. The molecule has 0 aliphatic rings. The Kier molecular flexibility index (Phi) is 3.42. The highest BCUT2D eigenvalue weighted by molar-refractivity contribution is 5.82. The molecule has 2 aromatic rings. The summed E-state index contributed by atoms with van der Waals surface area (Å²) in [5.41, 5.74) is 1.40. The van der Waals surface area contributed by atoms with E-state index in [-0.39, 0.29) is 5.91 Å². The molecule has 0 saturated heterocycles. The number of anilines is 1. The quantitative estimate of drug-likeness (QED) is 0.868. The number of carbonyl (C=O) groups excluding carboxylic acids is 1. The van der Waals surface area contributed by atoms with Crippen LogP contribution in [0.1, 0.15) is 19.4 Å². The summed E-state index contributed by atoms with van der Waals surface area (Å²) in [4.78, 5) is 15.9. The van der Waals surface area contributed by atoms with E-state index >= 15 is 0 Å². The van der Waals surface area contributed by atoms with E-state index in [1.54, 1.807) is 11.6 Å². The zero-order valence-electron chi connectivity index (χ0n) is 11.7. The van der Waals surface area contributed by atoms with Crippen LogP contribution in [0.2, 0.25) is 0 Å². The number of hydrogen-bond donors (Lipinski definition) is 2.